The van der Waals surface area contributed by atoms with Crippen LogP contribution in [0.1, 0.15) is 45.2 Å². The van der Waals surface area contributed by atoms with Gasteiger partial charge in [0.1, 0.15) is 0 Å². The Kier molecular flexibility index (Phi) is 6.96. The van der Waals surface area contributed by atoms with E-state index in [9.17, 15) is 0 Å². The normalized spacial score (nSPS) is 11.1. The summed E-state index contributed by atoms with van der Waals surface area (Å²) >= 11 is 0. The van der Waals surface area contributed by atoms with E-state index in [2.05, 4.69) is 170 Å². The van der Waals surface area contributed by atoms with Crippen LogP contribution in [-0.4, -0.2) is 0 Å². The van der Waals surface area contributed by atoms with Crippen LogP contribution in [0.15, 0.2) is 170 Å². The molecule has 182 valence electrons. The molecule has 0 nitrogen and oxygen atoms in total. The van der Waals surface area contributed by atoms with Crippen molar-refractivity contribution in [1.82, 2.24) is 0 Å². The van der Waals surface area contributed by atoms with Crippen molar-refractivity contribution in [3.63, 3.8) is 0 Å². The molecule has 0 unspecified atom stereocenters. The van der Waals surface area contributed by atoms with Crippen LogP contribution < -0.4 is 0 Å². The van der Waals surface area contributed by atoms with Crippen LogP contribution in [0.25, 0.3) is 11.1 Å². The summed E-state index contributed by atoms with van der Waals surface area (Å²) in [5.74, 6) is 0.659. The standard InChI is InChI=1S/C19H14.C19H16/c1-3-7-14(8-4-1)19(15-9-5-2-6-10-15)18-12-16-11-17(16)13-18;1-4-10-16(11-5-1)19(17-12-6-2-7-13-17)18-14-8-3-9-15-18/h1-13,19H;1-15,19H. The number of benzene rings is 6. The molecule has 0 amide bonds. The molecule has 0 N–H and O–H groups in total. The molecular formula is C38H30. The molecule has 0 atom stereocenters. The number of rotatable bonds is 6. The van der Waals surface area contributed by atoms with Crippen LogP contribution in [0.2, 0.25) is 0 Å². The number of hydrogen-bond acceptors (Lipinski definition) is 0. The molecule has 0 bridgehead atoms. The summed E-state index contributed by atoms with van der Waals surface area (Å²) in [5, 5.41) is 0. The summed E-state index contributed by atoms with van der Waals surface area (Å²) in [7, 11) is 0. The van der Waals surface area contributed by atoms with E-state index in [0.29, 0.717) is 11.8 Å². The lowest BCUT2D eigenvalue weighted by atomic mass is 9.85. The lowest BCUT2D eigenvalue weighted by Crippen LogP contribution is -2.02. The molecular weight excluding hydrogens is 456 g/mol. The van der Waals surface area contributed by atoms with Crippen molar-refractivity contribution in [2.24, 2.45) is 0 Å². The van der Waals surface area contributed by atoms with E-state index in [-0.39, 0.29) is 0 Å². The fourth-order valence-corrected chi connectivity index (χ4v) is 5.33. The predicted molar refractivity (Wildman–Crippen MR) is 160 cm³/mol. The van der Waals surface area contributed by atoms with Crippen LogP contribution in [0.5, 0.6) is 0 Å². The minimum absolute atomic E-state index is 0.309. The second-order valence-electron chi connectivity index (χ2n) is 9.76. The summed E-state index contributed by atoms with van der Waals surface area (Å²) in [6.07, 6.45) is 0. The SMILES string of the molecule is c1ccc(C(c2ccccc2)c2cc3cc-3c2)cc1.c1ccc(C(c2ccccc2)c2ccccc2)cc1. The van der Waals surface area contributed by atoms with Crippen molar-refractivity contribution in [3.05, 3.63) is 203 Å². The largest absolute Gasteiger partial charge is 0.0622 e. The van der Waals surface area contributed by atoms with Crippen LogP contribution in [0.4, 0.5) is 0 Å². The Morgan fingerprint density at radius 1 is 0.237 bits per heavy atom. The number of hydrogen-bond donors (Lipinski definition) is 0. The summed E-state index contributed by atoms with van der Waals surface area (Å²) in [6, 6.07) is 60.4. The molecule has 0 spiro atoms. The van der Waals surface area contributed by atoms with Gasteiger partial charge in [-0.15, -0.1) is 0 Å². The zero-order chi connectivity index (χ0) is 25.6. The lowest BCUT2D eigenvalue weighted by Gasteiger charge is -2.18. The molecule has 38 heavy (non-hydrogen) atoms. The van der Waals surface area contributed by atoms with Gasteiger partial charge in [0.2, 0.25) is 0 Å². The molecule has 2 aliphatic rings. The third-order valence-electron chi connectivity index (χ3n) is 7.20. The Morgan fingerprint density at radius 3 is 0.737 bits per heavy atom. The van der Waals surface area contributed by atoms with Gasteiger partial charge < -0.3 is 0 Å². The van der Waals surface area contributed by atoms with Crippen molar-refractivity contribution >= 4 is 0 Å². The van der Waals surface area contributed by atoms with Crippen molar-refractivity contribution < 1.29 is 0 Å². The van der Waals surface area contributed by atoms with E-state index in [0.717, 1.165) is 0 Å². The van der Waals surface area contributed by atoms with Gasteiger partial charge in [-0.1, -0.05) is 164 Å². The van der Waals surface area contributed by atoms with Gasteiger partial charge in [-0.05, 0) is 50.6 Å². The highest BCUT2D eigenvalue weighted by atomic mass is 14.3. The smallest absolute Gasteiger partial charge is 0.0340 e. The minimum Gasteiger partial charge on any atom is -0.0622 e. The average molecular weight is 487 g/mol. The Morgan fingerprint density at radius 2 is 0.474 bits per heavy atom. The summed E-state index contributed by atoms with van der Waals surface area (Å²) in [5.41, 5.74) is 10.9. The van der Waals surface area contributed by atoms with E-state index >= 15 is 0 Å². The van der Waals surface area contributed by atoms with Crippen LogP contribution in [0.3, 0.4) is 0 Å². The highest BCUT2D eigenvalue weighted by Gasteiger charge is 2.22. The highest BCUT2D eigenvalue weighted by molar-refractivity contribution is 5.83. The van der Waals surface area contributed by atoms with Gasteiger partial charge in [0.05, 0.1) is 0 Å². The van der Waals surface area contributed by atoms with Crippen LogP contribution >= 0.6 is 0 Å². The third kappa shape index (κ3) is 5.36. The predicted octanol–water partition coefficient (Wildman–Crippen LogP) is 9.71. The second kappa shape index (κ2) is 11.2. The molecule has 0 saturated heterocycles. The van der Waals surface area contributed by atoms with E-state index in [1.807, 2.05) is 0 Å². The molecule has 0 heteroatoms. The first-order chi connectivity index (χ1) is 18.9. The quantitative estimate of drug-likeness (QED) is 0.205. The Balaban J connectivity index is 0.000000139. The second-order valence-corrected chi connectivity index (χ2v) is 9.76. The molecule has 7 rings (SSSR count). The molecule has 0 radical (unpaired) electrons. The van der Waals surface area contributed by atoms with E-state index in [1.165, 1.54) is 44.5 Å². The van der Waals surface area contributed by atoms with E-state index in [1.54, 1.807) is 0 Å². The van der Waals surface area contributed by atoms with Crippen molar-refractivity contribution in [2.75, 3.05) is 0 Å². The first-order valence-electron chi connectivity index (χ1n) is 13.3. The lowest BCUT2D eigenvalue weighted by molar-refractivity contribution is 0.977. The topological polar surface area (TPSA) is 0 Å². The Bertz CT molecular complexity index is 1320. The molecule has 0 aromatic heterocycles. The first-order valence-corrected chi connectivity index (χ1v) is 13.3. The maximum atomic E-state index is 2.32. The zero-order valence-electron chi connectivity index (χ0n) is 21.3. The number of fused-ring (bicyclic) bond motifs is 1. The molecule has 2 aliphatic carbocycles. The molecule has 0 saturated carbocycles. The Labute approximate surface area is 225 Å². The maximum absolute atomic E-state index is 2.32. The molecule has 5 aromatic carbocycles. The van der Waals surface area contributed by atoms with Crippen LogP contribution in [-0.2, 0) is 0 Å². The van der Waals surface area contributed by atoms with Crippen molar-refractivity contribution in [1.29, 1.82) is 0 Å². The van der Waals surface area contributed by atoms with Gasteiger partial charge in [0, 0.05) is 11.8 Å². The fraction of sp³-hybridized carbons (Fsp3) is 0.0526. The average Bonchev–Trinajstić information content (AvgIpc) is 3.61. The third-order valence-corrected chi connectivity index (χ3v) is 7.20. The summed E-state index contributed by atoms with van der Waals surface area (Å²) in [4.78, 5) is 0. The zero-order valence-corrected chi connectivity index (χ0v) is 21.3. The first kappa shape index (κ1) is 23.7. The molecule has 0 fully saturated rings. The van der Waals surface area contributed by atoms with Crippen molar-refractivity contribution in [2.45, 2.75) is 11.8 Å². The van der Waals surface area contributed by atoms with Gasteiger partial charge in [-0.25, -0.2) is 0 Å². The summed E-state index contributed by atoms with van der Waals surface area (Å²) < 4.78 is 0. The van der Waals surface area contributed by atoms with Crippen LogP contribution in [0, 0.1) is 0 Å². The van der Waals surface area contributed by atoms with E-state index < -0.39 is 0 Å². The summed E-state index contributed by atoms with van der Waals surface area (Å²) in [6.45, 7) is 0. The maximum Gasteiger partial charge on any atom is 0.0340 e. The Hall–Kier alpha value is -4.68. The molecule has 0 heterocycles. The van der Waals surface area contributed by atoms with Gasteiger partial charge >= 0.3 is 0 Å². The van der Waals surface area contributed by atoms with E-state index in [4.69, 9.17) is 0 Å². The van der Waals surface area contributed by atoms with Gasteiger partial charge in [0.25, 0.3) is 0 Å². The van der Waals surface area contributed by atoms with Gasteiger partial charge in [-0.2, -0.15) is 0 Å². The monoisotopic (exact) mass is 486 g/mol. The molecule has 5 aromatic rings. The molecule has 0 aliphatic heterocycles. The fourth-order valence-electron chi connectivity index (χ4n) is 5.33. The van der Waals surface area contributed by atoms with Gasteiger partial charge in [-0.3, -0.25) is 0 Å². The minimum atomic E-state index is 0.309. The highest BCUT2D eigenvalue weighted by Crippen LogP contribution is 2.42. The van der Waals surface area contributed by atoms with Crippen molar-refractivity contribution in [3.8, 4) is 11.1 Å². The van der Waals surface area contributed by atoms with Gasteiger partial charge in [0.15, 0.2) is 0 Å².